The molecule has 50 valence electrons. The molecule has 3 nitrogen and oxygen atoms in total. The molecule has 0 unspecified atom stereocenters. The SMILES string of the molecule is O=C1NC(=O)c2cscc21. The number of hydrogen-bond acceptors (Lipinski definition) is 3. The number of carbonyl (C=O) groups is 2. The molecule has 0 aromatic carbocycles. The van der Waals surface area contributed by atoms with E-state index in [-0.39, 0.29) is 11.8 Å². The van der Waals surface area contributed by atoms with Crippen molar-refractivity contribution in [2.75, 3.05) is 0 Å². The minimum atomic E-state index is -0.277. The zero-order valence-corrected chi connectivity index (χ0v) is 5.70. The lowest BCUT2D eigenvalue weighted by Gasteiger charge is -1.83. The van der Waals surface area contributed by atoms with Gasteiger partial charge in [-0.1, -0.05) is 0 Å². The zero-order valence-electron chi connectivity index (χ0n) is 4.88. The molecular weight excluding hydrogens is 150 g/mol. The quantitative estimate of drug-likeness (QED) is 0.556. The van der Waals surface area contributed by atoms with E-state index in [0.29, 0.717) is 11.1 Å². The first-order valence-electron chi connectivity index (χ1n) is 2.71. The lowest BCUT2D eigenvalue weighted by atomic mass is 10.2. The van der Waals surface area contributed by atoms with Crippen LogP contribution in [0.15, 0.2) is 10.8 Å². The predicted octanol–water partition coefficient (Wildman–Crippen LogP) is 0.632. The largest absolute Gasteiger partial charge is 0.288 e. The second kappa shape index (κ2) is 1.67. The number of amides is 2. The Morgan fingerprint density at radius 2 is 1.60 bits per heavy atom. The summed E-state index contributed by atoms with van der Waals surface area (Å²) in [7, 11) is 0. The third kappa shape index (κ3) is 0.537. The van der Waals surface area contributed by atoms with Crippen molar-refractivity contribution in [2.24, 2.45) is 0 Å². The van der Waals surface area contributed by atoms with Crippen molar-refractivity contribution in [2.45, 2.75) is 0 Å². The molecule has 0 radical (unpaired) electrons. The van der Waals surface area contributed by atoms with Crippen molar-refractivity contribution in [3.05, 3.63) is 21.9 Å². The molecule has 0 spiro atoms. The van der Waals surface area contributed by atoms with Crippen LogP contribution in [0.25, 0.3) is 0 Å². The summed E-state index contributed by atoms with van der Waals surface area (Å²) in [5.74, 6) is -0.553. The summed E-state index contributed by atoms with van der Waals surface area (Å²) in [6, 6.07) is 0. The summed E-state index contributed by atoms with van der Waals surface area (Å²) in [5, 5.41) is 5.54. The third-order valence-corrected chi connectivity index (χ3v) is 2.12. The summed E-state index contributed by atoms with van der Waals surface area (Å²) in [6.45, 7) is 0. The fourth-order valence-electron chi connectivity index (χ4n) is 0.887. The van der Waals surface area contributed by atoms with Crippen molar-refractivity contribution in [1.82, 2.24) is 5.32 Å². The minimum absolute atomic E-state index is 0.277. The number of nitrogens with one attached hydrogen (secondary N) is 1. The van der Waals surface area contributed by atoms with Crippen molar-refractivity contribution in [1.29, 1.82) is 0 Å². The first-order valence-corrected chi connectivity index (χ1v) is 3.65. The number of hydrogen-bond donors (Lipinski definition) is 1. The summed E-state index contributed by atoms with van der Waals surface area (Å²) in [6.07, 6.45) is 0. The molecule has 0 saturated carbocycles. The molecule has 2 heterocycles. The highest BCUT2D eigenvalue weighted by Crippen LogP contribution is 2.19. The van der Waals surface area contributed by atoms with Gasteiger partial charge in [0.1, 0.15) is 0 Å². The smallest absolute Gasteiger partial charge is 0.259 e. The number of rotatable bonds is 0. The van der Waals surface area contributed by atoms with E-state index in [2.05, 4.69) is 5.32 Å². The van der Waals surface area contributed by atoms with Gasteiger partial charge in [0.15, 0.2) is 0 Å². The van der Waals surface area contributed by atoms with Crippen LogP contribution in [0.2, 0.25) is 0 Å². The molecule has 1 N–H and O–H groups in total. The van der Waals surface area contributed by atoms with E-state index in [1.54, 1.807) is 10.8 Å². The van der Waals surface area contributed by atoms with Crippen molar-refractivity contribution >= 4 is 23.2 Å². The van der Waals surface area contributed by atoms with Gasteiger partial charge in [-0.3, -0.25) is 14.9 Å². The molecule has 1 aromatic heterocycles. The summed E-state index contributed by atoms with van der Waals surface area (Å²) >= 11 is 1.37. The first kappa shape index (κ1) is 5.61. The molecule has 0 bridgehead atoms. The predicted molar refractivity (Wildman–Crippen MR) is 36.1 cm³/mol. The van der Waals surface area contributed by atoms with E-state index in [4.69, 9.17) is 0 Å². The van der Waals surface area contributed by atoms with Crippen LogP contribution in [0.5, 0.6) is 0 Å². The fraction of sp³-hybridized carbons (Fsp3) is 0. The van der Waals surface area contributed by atoms with Crippen LogP contribution in [0.4, 0.5) is 0 Å². The topological polar surface area (TPSA) is 46.2 Å². The Kier molecular flexibility index (Phi) is 0.935. The summed E-state index contributed by atoms with van der Waals surface area (Å²) in [4.78, 5) is 21.6. The van der Waals surface area contributed by atoms with Crippen molar-refractivity contribution in [3.8, 4) is 0 Å². The van der Waals surface area contributed by atoms with E-state index in [1.807, 2.05) is 0 Å². The highest BCUT2D eigenvalue weighted by Gasteiger charge is 2.26. The highest BCUT2D eigenvalue weighted by atomic mass is 32.1. The maximum Gasteiger partial charge on any atom is 0.259 e. The monoisotopic (exact) mass is 153 g/mol. The van der Waals surface area contributed by atoms with E-state index in [0.717, 1.165) is 0 Å². The molecule has 0 aliphatic carbocycles. The van der Waals surface area contributed by atoms with Gasteiger partial charge in [-0.2, -0.15) is 11.3 Å². The average molecular weight is 153 g/mol. The molecular formula is C6H3NO2S. The van der Waals surface area contributed by atoms with Crippen LogP contribution in [0, 0.1) is 0 Å². The van der Waals surface area contributed by atoms with Crippen LogP contribution < -0.4 is 5.32 Å². The van der Waals surface area contributed by atoms with Crippen LogP contribution in [-0.4, -0.2) is 11.8 Å². The van der Waals surface area contributed by atoms with Gasteiger partial charge < -0.3 is 0 Å². The van der Waals surface area contributed by atoms with Gasteiger partial charge in [0.2, 0.25) is 0 Å². The molecule has 1 aliphatic rings. The van der Waals surface area contributed by atoms with Crippen LogP contribution in [0.3, 0.4) is 0 Å². The van der Waals surface area contributed by atoms with E-state index in [1.165, 1.54) is 11.3 Å². The van der Waals surface area contributed by atoms with Crippen molar-refractivity contribution in [3.63, 3.8) is 0 Å². The van der Waals surface area contributed by atoms with Crippen LogP contribution in [-0.2, 0) is 0 Å². The Labute approximate surface area is 60.7 Å². The molecule has 10 heavy (non-hydrogen) atoms. The fourth-order valence-corrected chi connectivity index (χ4v) is 1.69. The normalized spacial score (nSPS) is 15.2. The van der Waals surface area contributed by atoms with Gasteiger partial charge in [0, 0.05) is 10.8 Å². The van der Waals surface area contributed by atoms with Gasteiger partial charge in [-0.15, -0.1) is 0 Å². The molecule has 0 atom stereocenters. The molecule has 0 saturated heterocycles. The number of imide groups is 1. The van der Waals surface area contributed by atoms with Gasteiger partial charge in [0.25, 0.3) is 11.8 Å². The zero-order chi connectivity index (χ0) is 7.14. The molecule has 4 heteroatoms. The van der Waals surface area contributed by atoms with E-state index in [9.17, 15) is 9.59 Å². The Morgan fingerprint density at radius 1 is 1.10 bits per heavy atom. The molecule has 0 fully saturated rings. The Bertz CT molecular complexity index is 287. The standard InChI is InChI=1S/C6H3NO2S/c8-5-3-1-10-2-4(3)6(9)7-5/h1-2H,(H,7,8,9). The first-order chi connectivity index (χ1) is 4.79. The van der Waals surface area contributed by atoms with E-state index >= 15 is 0 Å². The molecule has 1 aliphatic heterocycles. The maximum absolute atomic E-state index is 10.8. The Balaban J connectivity index is 2.69. The van der Waals surface area contributed by atoms with Crippen LogP contribution in [0.1, 0.15) is 20.7 Å². The van der Waals surface area contributed by atoms with Gasteiger partial charge in [-0.05, 0) is 0 Å². The molecule has 2 amide bonds. The molecule has 1 aromatic rings. The number of thiophene rings is 1. The Hall–Kier alpha value is -1.16. The minimum Gasteiger partial charge on any atom is -0.288 e. The second-order valence-corrected chi connectivity index (χ2v) is 2.73. The molecule has 2 rings (SSSR count). The van der Waals surface area contributed by atoms with E-state index < -0.39 is 0 Å². The maximum atomic E-state index is 10.8. The third-order valence-electron chi connectivity index (χ3n) is 1.38. The lowest BCUT2D eigenvalue weighted by molar-refractivity contribution is 0.0879. The summed E-state index contributed by atoms with van der Waals surface area (Å²) < 4.78 is 0. The van der Waals surface area contributed by atoms with Crippen molar-refractivity contribution < 1.29 is 9.59 Å². The van der Waals surface area contributed by atoms with Crippen LogP contribution >= 0.6 is 11.3 Å². The lowest BCUT2D eigenvalue weighted by Crippen LogP contribution is -2.20. The Morgan fingerprint density at radius 3 is 2.10 bits per heavy atom. The van der Waals surface area contributed by atoms with Gasteiger partial charge in [0.05, 0.1) is 11.1 Å². The summed E-state index contributed by atoms with van der Waals surface area (Å²) in [5.41, 5.74) is 1.02. The van der Waals surface area contributed by atoms with Gasteiger partial charge in [-0.25, -0.2) is 0 Å². The number of carbonyl (C=O) groups excluding carboxylic acids is 2. The highest BCUT2D eigenvalue weighted by molar-refractivity contribution is 7.08. The average Bonchev–Trinajstić information content (AvgIpc) is 2.39. The number of fused-ring (bicyclic) bond motifs is 1. The van der Waals surface area contributed by atoms with Gasteiger partial charge >= 0.3 is 0 Å². The second-order valence-electron chi connectivity index (χ2n) is 1.98.